The van der Waals surface area contributed by atoms with Crippen molar-refractivity contribution >= 4 is 5.97 Å². The summed E-state index contributed by atoms with van der Waals surface area (Å²) in [6.45, 7) is 2.33. The fourth-order valence-corrected chi connectivity index (χ4v) is 2.86. The Morgan fingerprint density at radius 1 is 1.29 bits per heavy atom. The monoisotopic (exact) mass is 330 g/mol. The Balaban J connectivity index is 1.53. The minimum absolute atomic E-state index is 0.0454. The molecule has 0 amide bonds. The number of nitrogens with zero attached hydrogens (tertiary/aromatic N) is 2. The van der Waals surface area contributed by atoms with E-state index in [1.165, 1.54) is 18.3 Å². The number of likely N-dealkylation sites (tertiary alicyclic amines) is 1. The number of pyridine rings is 1. The number of carboxylic acid groups (broad SMARTS) is 1. The van der Waals surface area contributed by atoms with Crippen LogP contribution in [0.1, 0.15) is 28.8 Å². The number of carbonyl (C=O) groups is 1. The van der Waals surface area contributed by atoms with Crippen LogP contribution in [-0.4, -0.2) is 40.2 Å². The van der Waals surface area contributed by atoms with Gasteiger partial charge in [0, 0.05) is 25.8 Å². The molecule has 1 N–H and O–H groups in total. The molecule has 2 heterocycles. The van der Waals surface area contributed by atoms with Gasteiger partial charge in [-0.1, -0.05) is 12.1 Å². The molecule has 0 aliphatic carbocycles. The quantitative estimate of drug-likeness (QED) is 0.913. The summed E-state index contributed by atoms with van der Waals surface area (Å²) in [4.78, 5) is 17.2. The van der Waals surface area contributed by atoms with Gasteiger partial charge in [-0.3, -0.25) is 4.90 Å². The Labute approximate surface area is 139 Å². The van der Waals surface area contributed by atoms with Crippen molar-refractivity contribution in [2.45, 2.75) is 25.5 Å². The summed E-state index contributed by atoms with van der Waals surface area (Å²) in [5, 5.41) is 9.05. The number of hydrogen-bond donors (Lipinski definition) is 1. The van der Waals surface area contributed by atoms with Crippen LogP contribution >= 0.6 is 0 Å². The predicted octanol–water partition coefficient (Wildman–Crippen LogP) is 2.96. The van der Waals surface area contributed by atoms with E-state index in [1.54, 1.807) is 18.2 Å². The second-order valence-electron chi connectivity index (χ2n) is 5.89. The molecule has 1 aromatic carbocycles. The molecule has 3 rings (SSSR count). The van der Waals surface area contributed by atoms with E-state index in [2.05, 4.69) is 9.88 Å². The van der Waals surface area contributed by atoms with Gasteiger partial charge in [-0.25, -0.2) is 14.2 Å². The molecule has 0 unspecified atom stereocenters. The van der Waals surface area contributed by atoms with Gasteiger partial charge in [-0.2, -0.15) is 0 Å². The van der Waals surface area contributed by atoms with E-state index in [9.17, 15) is 9.18 Å². The van der Waals surface area contributed by atoms with Crippen LogP contribution in [-0.2, 0) is 6.54 Å². The van der Waals surface area contributed by atoms with Crippen LogP contribution in [0.3, 0.4) is 0 Å². The van der Waals surface area contributed by atoms with E-state index in [1.807, 2.05) is 6.07 Å². The first-order valence-corrected chi connectivity index (χ1v) is 7.93. The lowest BCUT2D eigenvalue weighted by Crippen LogP contribution is -2.38. The van der Waals surface area contributed by atoms with Gasteiger partial charge < -0.3 is 9.84 Å². The highest BCUT2D eigenvalue weighted by Gasteiger charge is 2.22. The van der Waals surface area contributed by atoms with E-state index in [0.717, 1.165) is 31.5 Å². The zero-order chi connectivity index (χ0) is 16.9. The molecule has 1 aromatic heterocycles. The van der Waals surface area contributed by atoms with E-state index in [0.29, 0.717) is 12.1 Å². The number of piperidine rings is 1. The second kappa shape index (κ2) is 7.40. The van der Waals surface area contributed by atoms with E-state index >= 15 is 0 Å². The molecule has 6 heteroatoms. The van der Waals surface area contributed by atoms with Crippen molar-refractivity contribution in [3.8, 4) is 5.88 Å². The highest BCUT2D eigenvalue weighted by Crippen LogP contribution is 2.20. The summed E-state index contributed by atoms with van der Waals surface area (Å²) >= 11 is 0. The zero-order valence-electron chi connectivity index (χ0n) is 13.2. The largest absolute Gasteiger partial charge is 0.478 e. The van der Waals surface area contributed by atoms with E-state index < -0.39 is 11.8 Å². The van der Waals surface area contributed by atoms with Crippen LogP contribution < -0.4 is 4.74 Å². The number of hydrogen-bond acceptors (Lipinski definition) is 4. The predicted molar refractivity (Wildman–Crippen MR) is 86.5 cm³/mol. The molecule has 0 spiro atoms. The van der Waals surface area contributed by atoms with Crippen LogP contribution in [0.25, 0.3) is 0 Å². The molecular formula is C18H19FN2O3. The fourth-order valence-electron chi connectivity index (χ4n) is 2.86. The average Bonchev–Trinajstić information content (AvgIpc) is 2.59. The number of rotatable bonds is 5. The molecular weight excluding hydrogens is 311 g/mol. The first kappa shape index (κ1) is 16.4. The van der Waals surface area contributed by atoms with E-state index in [-0.39, 0.29) is 12.0 Å². The summed E-state index contributed by atoms with van der Waals surface area (Å²) in [5.74, 6) is -1.29. The third kappa shape index (κ3) is 4.08. The molecule has 1 saturated heterocycles. The Kier molecular flexibility index (Phi) is 5.05. The maximum absolute atomic E-state index is 13.6. The van der Waals surface area contributed by atoms with Gasteiger partial charge in [0.25, 0.3) is 5.88 Å². The average molecular weight is 330 g/mol. The molecule has 2 aromatic rings. The minimum Gasteiger partial charge on any atom is -0.478 e. The van der Waals surface area contributed by atoms with Crippen molar-refractivity contribution in [1.82, 2.24) is 9.88 Å². The molecule has 24 heavy (non-hydrogen) atoms. The van der Waals surface area contributed by atoms with Crippen molar-refractivity contribution in [3.63, 3.8) is 0 Å². The lowest BCUT2D eigenvalue weighted by atomic mass is 10.1. The Morgan fingerprint density at radius 3 is 2.79 bits per heavy atom. The van der Waals surface area contributed by atoms with Crippen LogP contribution in [0.2, 0.25) is 0 Å². The number of carboxylic acids is 1. The third-order valence-corrected chi connectivity index (χ3v) is 4.12. The molecule has 1 aliphatic heterocycles. The molecule has 0 atom stereocenters. The van der Waals surface area contributed by atoms with Crippen molar-refractivity contribution in [1.29, 1.82) is 0 Å². The molecule has 0 radical (unpaired) electrons. The van der Waals surface area contributed by atoms with Crippen LogP contribution in [0.4, 0.5) is 4.39 Å². The Bertz CT molecular complexity index is 715. The zero-order valence-corrected chi connectivity index (χ0v) is 13.2. The molecule has 5 nitrogen and oxygen atoms in total. The SMILES string of the molecule is O=C(O)c1cccc(CN2CCC(Oc3ncccc3F)CC2)c1. The number of halogens is 1. The van der Waals surface area contributed by atoms with Gasteiger partial charge in [-0.15, -0.1) is 0 Å². The van der Waals surface area contributed by atoms with Crippen LogP contribution in [0, 0.1) is 5.82 Å². The normalized spacial score (nSPS) is 16.0. The number of benzene rings is 1. The maximum atomic E-state index is 13.6. The first-order chi connectivity index (χ1) is 11.6. The van der Waals surface area contributed by atoms with Gasteiger partial charge in [0.1, 0.15) is 6.10 Å². The van der Waals surface area contributed by atoms with Crippen LogP contribution in [0.15, 0.2) is 42.6 Å². The van der Waals surface area contributed by atoms with Gasteiger partial charge in [0.05, 0.1) is 5.56 Å². The van der Waals surface area contributed by atoms with Crippen molar-refractivity contribution in [2.75, 3.05) is 13.1 Å². The third-order valence-electron chi connectivity index (χ3n) is 4.12. The van der Waals surface area contributed by atoms with Gasteiger partial charge in [0.15, 0.2) is 5.82 Å². The summed E-state index contributed by atoms with van der Waals surface area (Å²) in [6.07, 6.45) is 3.04. The summed E-state index contributed by atoms with van der Waals surface area (Å²) in [5.41, 5.74) is 1.28. The van der Waals surface area contributed by atoms with Crippen molar-refractivity contribution < 1.29 is 19.0 Å². The molecule has 0 saturated carbocycles. The molecule has 1 aliphatic rings. The first-order valence-electron chi connectivity index (χ1n) is 7.93. The van der Waals surface area contributed by atoms with Crippen molar-refractivity contribution in [3.05, 3.63) is 59.5 Å². The summed E-state index contributed by atoms with van der Waals surface area (Å²) < 4.78 is 19.2. The van der Waals surface area contributed by atoms with Crippen molar-refractivity contribution in [2.24, 2.45) is 0 Å². The van der Waals surface area contributed by atoms with E-state index in [4.69, 9.17) is 9.84 Å². The topological polar surface area (TPSA) is 62.7 Å². The van der Waals surface area contributed by atoms with Gasteiger partial charge in [-0.05, 0) is 42.7 Å². The minimum atomic E-state index is -0.915. The fraction of sp³-hybridized carbons (Fsp3) is 0.333. The van der Waals surface area contributed by atoms with Crippen LogP contribution in [0.5, 0.6) is 5.88 Å². The summed E-state index contributed by atoms with van der Waals surface area (Å²) in [7, 11) is 0. The van der Waals surface area contributed by atoms with Gasteiger partial charge in [0.2, 0.25) is 0 Å². The number of aromatic carboxylic acids is 1. The Morgan fingerprint density at radius 2 is 2.08 bits per heavy atom. The van der Waals surface area contributed by atoms with Gasteiger partial charge >= 0.3 is 5.97 Å². The second-order valence-corrected chi connectivity index (χ2v) is 5.89. The highest BCUT2D eigenvalue weighted by molar-refractivity contribution is 5.87. The lowest BCUT2D eigenvalue weighted by molar-refractivity contribution is 0.0696. The number of ether oxygens (including phenoxy) is 1. The standard InChI is InChI=1S/C18H19FN2O3/c19-16-5-2-8-20-17(16)24-15-6-9-21(10-7-15)12-13-3-1-4-14(11-13)18(22)23/h1-5,8,11,15H,6-7,9-10,12H2,(H,22,23). The highest BCUT2D eigenvalue weighted by atomic mass is 19.1. The molecule has 1 fully saturated rings. The summed E-state index contributed by atoms with van der Waals surface area (Å²) in [6, 6.07) is 9.86. The molecule has 126 valence electrons. The molecule has 0 bridgehead atoms. The maximum Gasteiger partial charge on any atom is 0.335 e. The Hall–Kier alpha value is -2.47. The lowest BCUT2D eigenvalue weighted by Gasteiger charge is -2.31. The smallest absolute Gasteiger partial charge is 0.335 e. The number of aromatic nitrogens is 1.